The quantitative estimate of drug-likeness (QED) is 0.609. The minimum Gasteiger partial charge on any atom is -0.497 e. The molecule has 10 heteroatoms. The fraction of sp³-hybridized carbons (Fsp3) is 0.0909. The number of nitrogens with zero attached hydrogens (tertiary/aromatic N) is 2. The van der Waals surface area contributed by atoms with Crippen LogP contribution in [0.3, 0.4) is 0 Å². The number of rotatable bonds is 5. The summed E-state index contributed by atoms with van der Waals surface area (Å²) in [4.78, 5) is 12.5. The Hall–Kier alpha value is -3.43. The van der Waals surface area contributed by atoms with Gasteiger partial charge < -0.3 is 10.1 Å². The number of anilines is 1. The minimum atomic E-state index is -4.17. The largest absolute Gasteiger partial charge is 0.497 e. The predicted octanol–water partition coefficient (Wildman–Crippen LogP) is 3.88. The summed E-state index contributed by atoms with van der Waals surface area (Å²) in [5.74, 6) is -0.688. The Kier molecular flexibility index (Phi) is 5.86. The van der Waals surface area contributed by atoms with Gasteiger partial charge in [0, 0.05) is 27.9 Å². The summed E-state index contributed by atoms with van der Waals surface area (Å²) in [5.41, 5.74) is 0.732. The first-order valence-electron chi connectivity index (χ1n) is 9.39. The molecule has 1 aliphatic heterocycles. The highest BCUT2D eigenvalue weighted by atomic mass is 35.5. The van der Waals surface area contributed by atoms with Gasteiger partial charge in [-0.3, -0.25) is 4.79 Å². The van der Waals surface area contributed by atoms with Crippen molar-refractivity contribution in [3.05, 3.63) is 88.7 Å². The number of sulfonamides is 1. The maximum absolute atomic E-state index is 14.5. The zero-order valence-corrected chi connectivity index (χ0v) is 18.3. The summed E-state index contributed by atoms with van der Waals surface area (Å²) in [6, 6.07) is 16.6. The van der Waals surface area contributed by atoms with Crippen LogP contribution in [0.4, 0.5) is 10.1 Å². The molecule has 0 aliphatic carbocycles. The van der Waals surface area contributed by atoms with Gasteiger partial charge in [0.1, 0.15) is 23.8 Å². The number of fused-ring (bicyclic) bond motifs is 1. The number of methoxy groups -OCH3 is 1. The van der Waals surface area contributed by atoms with Gasteiger partial charge in [-0.1, -0.05) is 29.8 Å². The van der Waals surface area contributed by atoms with Crippen molar-refractivity contribution < 1.29 is 22.3 Å². The summed E-state index contributed by atoms with van der Waals surface area (Å²) in [6.45, 7) is -0.612. The van der Waals surface area contributed by atoms with Crippen molar-refractivity contribution in [1.82, 2.24) is 4.41 Å². The van der Waals surface area contributed by atoms with Crippen molar-refractivity contribution in [1.29, 1.82) is 0 Å². The Labute approximate surface area is 189 Å². The number of nitrogens with one attached hydrogen (secondary N) is 1. The molecule has 1 heterocycles. The normalized spacial score (nSPS) is 14.3. The third kappa shape index (κ3) is 4.17. The molecular weight excluding hydrogens is 457 g/mol. The van der Waals surface area contributed by atoms with Crippen LogP contribution < -0.4 is 10.1 Å². The fourth-order valence-corrected chi connectivity index (χ4v) is 4.79. The second-order valence-corrected chi connectivity index (χ2v) is 9.08. The van der Waals surface area contributed by atoms with Gasteiger partial charge in [0.15, 0.2) is 0 Å². The highest BCUT2D eigenvalue weighted by molar-refractivity contribution is 7.89. The van der Waals surface area contributed by atoms with Gasteiger partial charge in [-0.25, -0.2) is 4.39 Å². The van der Waals surface area contributed by atoms with E-state index < -0.39 is 28.3 Å². The van der Waals surface area contributed by atoms with Crippen LogP contribution in [-0.4, -0.2) is 38.1 Å². The first-order chi connectivity index (χ1) is 15.3. The van der Waals surface area contributed by atoms with Gasteiger partial charge in [0.25, 0.3) is 10.0 Å². The summed E-state index contributed by atoms with van der Waals surface area (Å²) in [5, 5.41) is 7.02. The van der Waals surface area contributed by atoms with Crippen molar-refractivity contribution in [3.63, 3.8) is 0 Å². The molecule has 7 nitrogen and oxygen atoms in total. The zero-order valence-electron chi connectivity index (χ0n) is 16.7. The summed E-state index contributed by atoms with van der Waals surface area (Å²) >= 11 is 6.07. The number of hydrogen-bond acceptors (Lipinski definition) is 5. The molecule has 0 saturated carbocycles. The van der Waals surface area contributed by atoms with Crippen molar-refractivity contribution in [3.8, 4) is 5.75 Å². The second-order valence-electron chi connectivity index (χ2n) is 6.83. The van der Waals surface area contributed by atoms with Crippen LogP contribution in [0.2, 0.25) is 5.02 Å². The molecule has 1 aliphatic rings. The molecule has 0 unspecified atom stereocenters. The van der Waals surface area contributed by atoms with Crippen LogP contribution in [-0.2, 0) is 14.8 Å². The van der Waals surface area contributed by atoms with E-state index in [1.165, 1.54) is 43.5 Å². The van der Waals surface area contributed by atoms with E-state index in [1.807, 2.05) is 0 Å². The van der Waals surface area contributed by atoms with Crippen LogP contribution in [0.1, 0.15) is 11.1 Å². The molecule has 32 heavy (non-hydrogen) atoms. The lowest BCUT2D eigenvalue weighted by atomic mass is 10.0. The van der Waals surface area contributed by atoms with Gasteiger partial charge in [-0.15, -0.1) is 0 Å². The first kappa shape index (κ1) is 21.8. The molecule has 0 aromatic heterocycles. The Morgan fingerprint density at radius 2 is 1.88 bits per heavy atom. The van der Waals surface area contributed by atoms with E-state index in [9.17, 15) is 17.6 Å². The van der Waals surface area contributed by atoms with E-state index in [2.05, 4.69) is 10.4 Å². The van der Waals surface area contributed by atoms with E-state index in [4.69, 9.17) is 16.3 Å². The first-order valence-corrected chi connectivity index (χ1v) is 11.2. The number of hydrogen-bond donors (Lipinski definition) is 1. The van der Waals surface area contributed by atoms with E-state index >= 15 is 0 Å². The minimum absolute atomic E-state index is 0.0598. The number of ether oxygens (including phenoxy) is 1. The van der Waals surface area contributed by atoms with E-state index in [1.54, 1.807) is 30.3 Å². The Morgan fingerprint density at radius 1 is 1.09 bits per heavy atom. The lowest BCUT2D eigenvalue weighted by molar-refractivity contribution is -0.116. The maximum Gasteiger partial charge on any atom is 0.280 e. The van der Waals surface area contributed by atoms with E-state index in [-0.39, 0.29) is 26.8 Å². The average Bonchev–Trinajstić information content (AvgIpc) is 2.76. The van der Waals surface area contributed by atoms with Crippen LogP contribution >= 0.6 is 11.6 Å². The Bertz CT molecular complexity index is 1340. The van der Waals surface area contributed by atoms with Crippen molar-refractivity contribution >= 4 is 38.9 Å². The highest BCUT2D eigenvalue weighted by Gasteiger charge is 2.35. The molecule has 1 N–H and O–H groups in total. The lowest BCUT2D eigenvalue weighted by Gasteiger charge is -2.27. The third-order valence-corrected chi connectivity index (χ3v) is 6.64. The fourth-order valence-electron chi connectivity index (χ4n) is 3.24. The van der Waals surface area contributed by atoms with Crippen molar-refractivity contribution in [2.45, 2.75) is 4.90 Å². The van der Waals surface area contributed by atoms with Crippen LogP contribution in [0.25, 0.3) is 0 Å². The molecule has 0 radical (unpaired) electrons. The summed E-state index contributed by atoms with van der Waals surface area (Å²) in [6.07, 6.45) is 0. The highest BCUT2D eigenvalue weighted by Crippen LogP contribution is 2.31. The van der Waals surface area contributed by atoms with Crippen LogP contribution in [0.15, 0.2) is 76.7 Å². The van der Waals surface area contributed by atoms with Gasteiger partial charge in [-0.05, 0) is 42.5 Å². The monoisotopic (exact) mass is 473 g/mol. The van der Waals surface area contributed by atoms with Crippen LogP contribution in [0.5, 0.6) is 5.75 Å². The Balaban J connectivity index is 1.73. The van der Waals surface area contributed by atoms with Gasteiger partial charge >= 0.3 is 0 Å². The van der Waals surface area contributed by atoms with E-state index in [0.29, 0.717) is 15.9 Å². The van der Waals surface area contributed by atoms with E-state index in [0.717, 1.165) is 0 Å². The smallest absolute Gasteiger partial charge is 0.280 e. The average molecular weight is 474 g/mol. The molecule has 0 atom stereocenters. The molecule has 0 spiro atoms. The van der Waals surface area contributed by atoms with Crippen LogP contribution in [0, 0.1) is 5.82 Å². The number of carbonyl (C=O) groups excluding carboxylic acids is 1. The SMILES string of the molecule is COc1cccc(NC(=O)CN2N=C(c3ccccc3F)c3cc(Cl)ccc3S2(=O)=O)c1. The number of carbonyl (C=O) groups is 1. The van der Waals surface area contributed by atoms with Gasteiger partial charge in [-0.2, -0.15) is 17.9 Å². The summed E-state index contributed by atoms with van der Waals surface area (Å²) in [7, 11) is -2.68. The molecule has 0 bridgehead atoms. The van der Waals surface area contributed by atoms with Crippen molar-refractivity contribution in [2.24, 2.45) is 5.10 Å². The number of hydrazone groups is 1. The molecule has 3 aromatic carbocycles. The lowest BCUT2D eigenvalue weighted by Crippen LogP contribution is -2.38. The number of benzene rings is 3. The Morgan fingerprint density at radius 3 is 2.62 bits per heavy atom. The topological polar surface area (TPSA) is 88.1 Å². The van der Waals surface area contributed by atoms with Gasteiger partial charge in [0.2, 0.25) is 5.91 Å². The standard InChI is InChI=1S/C22H17ClFN3O4S/c1-31-16-6-4-5-15(12-16)25-21(28)13-27-26-22(17-7-2-3-8-19(17)24)18-11-14(23)9-10-20(18)32(27,29)30/h2-12H,13H2,1H3,(H,25,28). The third-order valence-electron chi connectivity index (χ3n) is 4.72. The molecule has 1 amide bonds. The van der Waals surface area contributed by atoms with Gasteiger partial charge in [0.05, 0.1) is 12.0 Å². The number of halogens is 2. The molecule has 3 aromatic rings. The maximum atomic E-state index is 14.5. The van der Waals surface area contributed by atoms with Crippen molar-refractivity contribution in [2.75, 3.05) is 19.0 Å². The molecule has 0 fully saturated rings. The molecular formula is C22H17ClFN3O4S. The molecule has 4 rings (SSSR count). The molecule has 164 valence electrons. The number of amides is 1. The second kappa shape index (κ2) is 8.60. The summed E-state index contributed by atoms with van der Waals surface area (Å²) < 4.78 is 46.6. The zero-order chi connectivity index (χ0) is 22.9. The predicted molar refractivity (Wildman–Crippen MR) is 119 cm³/mol. The molecule has 0 saturated heterocycles.